The van der Waals surface area contributed by atoms with Gasteiger partial charge in [-0.3, -0.25) is 4.79 Å². The zero-order valence-electron chi connectivity index (χ0n) is 10.6. The minimum absolute atomic E-state index is 0.165. The van der Waals surface area contributed by atoms with Gasteiger partial charge in [-0.05, 0) is 18.2 Å². The third-order valence-electron chi connectivity index (χ3n) is 2.27. The molecule has 0 amide bonds. The van der Waals surface area contributed by atoms with Crippen molar-refractivity contribution in [2.24, 2.45) is 0 Å². The van der Waals surface area contributed by atoms with Crippen LogP contribution in [0.25, 0.3) is 5.76 Å². The lowest BCUT2D eigenvalue weighted by Gasteiger charge is -2.07. The summed E-state index contributed by atoms with van der Waals surface area (Å²) in [7, 11) is -2.64. The van der Waals surface area contributed by atoms with Gasteiger partial charge in [-0.25, -0.2) is 13.2 Å². The molecular formula is C12H11ClO6S. The first-order valence-electron chi connectivity index (χ1n) is 5.19. The lowest BCUT2D eigenvalue weighted by atomic mass is 10.1. The molecule has 6 nitrogen and oxygen atoms in total. The Morgan fingerprint density at radius 3 is 2.45 bits per heavy atom. The summed E-state index contributed by atoms with van der Waals surface area (Å²) in [5.74, 6) is -2.99. The highest BCUT2D eigenvalue weighted by Gasteiger charge is 2.19. The van der Waals surface area contributed by atoms with Crippen molar-refractivity contribution in [3.05, 3.63) is 34.9 Å². The van der Waals surface area contributed by atoms with Crippen molar-refractivity contribution in [3.63, 3.8) is 0 Å². The molecule has 0 spiro atoms. The van der Waals surface area contributed by atoms with Crippen LogP contribution < -0.4 is 0 Å². The van der Waals surface area contributed by atoms with Gasteiger partial charge in [-0.1, -0.05) is 11.6 Å². The normalized spacial score (nSPS) is 12.1. The van der Waals surface area contributed by atoms with E-state index in [1.165, 1.54) is 18.2 Å². The first-order valence-corrected chi connectivity index (χ1v) is 7.46. The zero-order chi connectivity index (χ0) is 15.5. The van der Waals surface area contributed by atoms with E-state index in [-0.39, 0.29) is 15.5 Å². The number of carbonyl (C=O) groups excluding carboxylic acids is 2. The van der Waals surface area contributed by atoms with Gasteiger partial charge in [0, 0.05) is 22.9 Å². The van der Waals surface area contributed by atoms with Crippen LogP contribution in [0, 0.1) is 0 Å². The molecule has 0 fully saturated rings. The fraction of sp³-hybridized carbons (Fsp3) is 0.167. The second kappa shape index (κ2) is 6.06. The maximum Gasteiger partial charge on any atom is 0.378 e. The minimum Gasteiger partial charge on any atom is -0.507 e. The summed E-state index contributed by atoms with van der Waals surface area (Å²) < 4.78 is 27.4. The number of ether oxygens (including phenoxy) is 1. The predicted molar refractivity (Wildman–Crippen MR) is 72.2 cm³/mol. The number of sulfone groups is 1. The van der Waals surface area contributed by atoms with E-state index in [1.54, 1.807) is 0 Å². The Morgan fingerprint density at radius 1 is 1.35 bits per heavy atom. The molecule has 0 saturated heterocycles. The predicted octanol–water partition coefficient (Wildman–Crippen LogP) is 1.38. The second-order valence-electron chi connectivity index (χ2n) is 3.80. The monoisotopic (exact) mass is 318 g/mol. The van der Waals surface area contributed by atoms with Gasteiger partial charge in [-0.2, -0.15) is 0 Å². The second-order valence-corrected chi connectivity index (χ2v) is 6.22. The van der Waals surface area contributed by atoms with E-state index in [9.17, 15) is 23.1 Å². The molecule has 0 aliphatic rings. The molecule has 1 rings (SSSR count). The Hall–Kier alpha value is -1.86. The van der Waals surface area contributed by atoms with Gasteiger partial charge in [-0.15, -0.1) is 0 Å². The fourth-order valence-corrected chi connectivity index (χ4v) is 2.44. The van der Waals surface area contributed by atoms with Crippen molar-refractivity contribution in [2.45, 2.75) is 4.90 Å². The Morgan fingerprint density at radius 2 is 1.95 bits per heavy atom. The Kier molecular flexibility index (Phi) is 4.91. The topological polar surface area (TPSA) is 97.7 Å². The van der Waals surface area contributed by atoms with Crippen molar-refractivity contribution in [3.8, 4) is 0 Å². The SMILES string of the molecule is COC(=O)C(=O)/C=C(\O)c1cc(Cl)ccc1S(C)(=O)=O. The first-order chi connectivity index (χ1) is 9.16. The summed E-state index contributed by atoms with van der Waals surface area (Å²) in [4.78, 5) is 22.1. The summed E-state index contributed by atoms with van der Waals surface area (Å²) in [6.07, 6.45) is 1.52. The molecular weight excluding hydrogens is 308 g/mol. The zero-order valence-corrected chi connectivity index (χ0v) is 12.2. The number of benzene rings is 1. The van der Waals surface area contributed by atoms with E-state index in [1.807, 2.05) is 0 Å². The van der Waals surface area contributed by atoms with Crippen LogP contribution >= 0.6 is 11.6 Å². The van der Waals surface area contributed by atoms with Gasteiger partial charge < -0.3 is 9.84 Å². The molecule has 108 valence electrons. The molecule has 1 N–H and O–H groups in total. The average Bonchev–Trinajstić information content (AvgIpc) is 2.35. The van der Waals surface area contributed by atoms with Crippen LogP contribution in [0.4, 0.5) is 0 Å². The standard InChI is InChI=1S/C12H11ClO6S/c1-19-12(16)10(15)6-9(14)8-5-7(13)3-4-11(8)20(2,17)18/h3-6,14H,1-2H3/b9-6-. The lowest BCUT2D eigenvalue weighted by Crippen LogP contribution is -2.13. The maximum absolute atomic E-state index is 11.6. The molecule has 0 radical (unpaired) electrons. The highest BCUT2D eigenvalue weighted by Crippen LogP contribution is 2.25. The molecule has 0 atom stereocenters. The number of hydrogen-bond acceptors (Lipinski definition) is 6. The maximum atomic E-state index is 11.6. The van der Waals surface area contributed by atoms with Crippen molar-refractivity contribution >= 4 is 38.9 Å². The van der Waals surface area contributed by atoms with Gasteiger partial charge in [0.05, 0.1) is 12.0 Å². The van der Waals surface area contributed by atoms with Crippen molar-refractivity contribution in [1.82, 2.24) is 0 Å². The lowest BCUT2D eigenvalue weighted by molar-refractivity contribution is -0.149. The molecule has 8 heteroatoms. The van der Waals surface area contributed by atoms with Crippen LogP contribution in [-0.4, -0.2) is 38.6 Å². The molecule has 1 aromatic carbocycles. The third kappa shape index (κ3) is 3.82. The van der Waals surface area contributed by atoms with E-state index in [2.05, 4.69) is 4.74 Å². The molecule has 0 heterocycles. The molecule has 0 unspecified atom stereocenters. The van der Waals surface area contributed by atoms with Crippen molar-refractivity contribution in [1.29, 1.82) is 0 Å². The molecule has 0 aromatic heterocycles. The first kappa shape index (κ1) is 16.2. The van der Waals surface area contributed by atoms with Crippen LogP contribution in [0.2, 0.25) is 5.02 Å². The van der Waals surface area contributed by atoms with Crippen LogP contribution in [0.1, 0.15) is 5.56 Å². The summed E-state index contributed by atoms with van der Waals surface area (Å²) in [6.45, 7) is 0. The summed E-state index contributed by atoms with van der Waals surface area (Å²) in [6, 6.07) is 3.70. The van der Waals surface area contributed by atoms with Crippen LogP contribution in [-0.2, 0) is 24.2 Å². The minimum atomic E-state index is -3.64. The Balaban J connectivity index is 3.39. The van der Waals surface area contributed by atoms with Gasteiger partial charge in [0.25, 0.3) is 5.78 Å². The fourth-order valence-electron chi connectivity index (χ4n) is 1.39. The average molecular weight is 319 g/mol. The van der Waals surface area contributed by atoms with Gasteiger partial charge in [0.2, 0.25) is 0 Å². The Bertz CT molecular complexity index is 690. The largest absolute Gasteiger partial charge is 0.507 e. The third-order valence-corrected chi connectivity index (χ3v) is 3.66. The van der Waals surface area contributed by atoms with Crippen molar-refractivity contribution in [2.75, 3.05) is 13.4 Å². The smallest absolute Gasteiger partial charge is 0.378 e. The van der Waals surface area contributed by atoms with Gasteiger partial charge in [0.1, 0.15) is 5.76 Å². The van der Waals surface area contributed by atoms with Crippen molar-refractivity contribution < 1.29 is 27.9 Å². The summed E-state index contributed by atoms with van der Waals surface area (Å²) in [5.41, 5.74) is -0.169. The number of aliphatic hydroxyl groups is 1. The quantitative estimate of drug-likeness (QED) is 0.390. The Labute approximate surface area is 120 Å². The summed E-state index contributed by atoms with van der Waals surface area (Å²) in [5, 5.41) is 9.98. The number of rotatable bonds is 4. The molecule has 0 bridgehead atoms. The highest BCUT2D eigenvalue weighted by atomic mass is 35.5. The molecule has 0 aliphatic carbocycles. The van der Waals surface area contributed by atoms with E-state index in [4.69, 9.17) is 11.6 Å². The molecule has 1 aromatic rings. The number of esters is 1. The van der Waals surface area contributed by atoms with Gasteiger partial charge in [0.15, 0.2) is 9.84 Å². The number of halogens is 1. The van der Waals surface area contributed by atoms with E-state index >= 15 is 0 Å². The van der Waals surface area contributed by atoms with E-state index in [0.717, 1.165) is 13.4 Å². The number of hydrogen-bond donors (Lipinski definition) is 1. The number of ketones is 1. The van der Waals surface area contributed by atoms with E-state index < -0.39 is 27.3 Å². The number of methoxy groups -OCH3 is 1. The molecule has 0 aliphatic heterocycles. The van der Waals surface area contributed by atoms with E-state index in [0.29, 0.717) is 6.08 Å². The van der Waals surface area contributed by atoms with Crippen LogP contribution in [0.15, 0.2) is 29.2 Å². The van der Waals surface area contributed by atoms with Crippen LogP contribution in [0.3, 0.4) is 0 Å². The van der Waals surface area contributed by atoms with Gasteiger partial charge >= 0.3 is 5.97 Å². The summed E-state index contributed by atoms with van der Waals surface area (Å²) >= 11 is 5.73. The number of carbonyl (C=O) groups is 2. The number of aliphatic hydroxyl groups excluding tert-OH is 1. The molecule has 0 saturated carbocycles. The highest BCUT2D eigenvalue weighted by molar-refractivity contribution is 7.90. The molecule has 20 heavy (non-hydrogen) atoms. The van der Waals surface area contributed by atoms with Crippen LogP contribution in [0.5, 0.6) is 0 Å².